The predicted molar refractivity (Wildman–Crippen MR) is 86.1 cm³/mol. The molecule has 0 saturated carbocycles. The Morgan fingerprint density at radius 2 is 1.80 bits per heavy atom. The van der Waals surface area contributed by atoms with Crippen LogP contribution in [0.25, 0.3) is 0 Å². The summed E-state index contributed by atoms with van der Waals surface area (Å²) in [6, 6.07) is 3.07. The summed E-state index contributed by atoms with van der Waals surface area (Å²) >= 11 is 0. The van der Waals surface area contributed by atoms with E-state index in [-0.39, 0.29) is 0 Å². The predicted octanol–water partition coefficient (Wildman–Crippen LogP) is 3.91. The Morgan fingerprint density at radius 1 is 1.20 bits per heavy atom. The molecular weight excluding hydrogens is 248 g/mol. The van der Waals surface area contributed by atoms with E-state index >= 15 is 0 Å². The van der Waals surface area contributed by atoms with Crippen molar-refractivity contribution in [1.29, 1.82) is 0 Å². The van der Waals surface area contributed by atoms with E-state index < -0.39 is 0 Å². The Kier molecular flexibility index (Phi) is 6.77. The number of hydrogen-bond acceptors (Lipinski definition) is 3. The lowest BCUT2D eigenvalue weighted by molar-refractivity contribution is 0.190. The van der Waals surface area contributed by atoms with Gasteiger partial charge < -0.3 is 14.6 Å². The maximum absolute atomic E-state index is 5.63. The van der Waals surface area contributed by atoms with Gasteiger partial charge >= 0.3 is 0 Å². The highest BCUT2D eigenvalue weighted by Gasteiger charge is 2.22. The molecule has 0 aliphatic rings. The molecule has 116 valence electrons. The SMILES string of the molecule is CCC(CC)C(CNC(C)c1cc(C)oc1C)N(C)C. The molecule has 0 aromatic carbocycles. The molecule has 0 fully saturated rings. The van der Waals surface area contributed by atoms with Crippen molar-refractivity contribution < 1.29 is 4.42 Å². The number of rotatable bonds is 8. The van der Waals surface area contributed by atoms with Crippen molar-refractivity contribution in [3.05, 3.63) is 23.2 Å². The van der Waals surface area contributed by atoms with Crippen molar-refractivity contribution >= 4 is 0 Å². The molecule has 20 heavy (non-hydrogen) atoms. The van der Waals surface area contributed by atoms with Crippen LogP contribution in [0.3, 0.4) is 0 Å². The zero-order valence-corrected chi connectivity index (χ0v) is 14.3. The summed E-state index contributed by atoms with van der Waals surface area (Å²) in [5.74, 6) is 2.78. The number of aryl methyl sites for hydroxylation is 2. The number of nitrogens with zero attached hydrogens (tertiary/aromatic N) is 1. The Balaban J connectivity index is 2.65. The van der Waals surface area contributed by atoms with Gasteiger partial charge in [0.15, 0.2) is 0 Å². The highest BCUT2D eigenvalue weighted by Crippen LogP contribution is 2.22. The van der Waals surface area contributed by atoms with Crippen LogP contribution in [0.5, 0.6) is 0 Å². The molecule has 2 unspecified atom stereocenters. The van der Waals surface area contributed by atoms with Crippen LogP contribution >= 0.6 is 0 Å². The van der Waals surface area contributed by atoms with E-state index in [4.69, 9.17) is 4.42 Å². The average Bonchev–Trinajstić information content (AvgIpc) is 2.72. The molecule has 1 aromatic heterocycles. The van der Waals surface area contributed by atoms with E-state index in [0.717, 1.165) is 24.0 Å². The van der Waals surface area contributed by atoms with Gasteiger partial charge in [-0.3, -0.25) is 0 Å². The molecular formula is C17H32N2O. The highest BCUT2D eigenvalue weighted by molar-refractivity contribution is 5.23. The second kappa shape index (κ2) is 7.84. The van der Waals surface area contributed by atoms with Gasteiger partial charge in [0.25, 0.3) is 0 Å². The summed E-state index contributed by atoms with van der Waals surface area (Å²) in [5.41, 5.74) is 1.28. The molecule has 0 radical (unpaired) electrons. The standard InChI is InChI=1S/C17H32N2O/c1-8-15(9-2)17(19(6)7)11-18-13(4)16-10-12(3)20-14(16)5/h10,13,15,17-18H,8-9,11H2,1-7H3. The first-order valence-corrected chi connectivity index (χ1v) is 7.87. The van der Waals surface area contributed by atoms with E-state index in [9.17, 15) is 0 Å². The van der Waals surface area contributed by atoms with Crippen LogP contribution in [0.4, 0.5) is 0 Å². The summed E-state index contributed by atoms with van der Waals surface area (Å²) in [6.07, 6.45) is 2.47. The van der Waals surface area contributed by atoms with Crippen LogP contribution in [0, 0.1) is 19.8 Å². The van der Waals surface area contributed by atoms with Gasteiger partial charge in [-0.1, -0.05) is 26.7 Å². The maximum atomic E-state index is 5.63. The van der Waals surface area contributed by atoms with Crippen molar-refractivity contribution in [3.8, 4) is 0 Å². The monoisotopic (exact) mass is 280 g/mol. The Bertz CT molecular complexity index is 394. The molecule has 1 rings (SSSR count). The molecule has 3 nitrogen and oxygen atoms in total. The van der Waals surface area contributed by atoms with E-state index in [2.05, 4.69) is 51.1 Å². The topological polar surface area (TPSA) is 28.4 Å². The highest BCUT2D eigenvalue weighted by atomic mass is 16.3. The van der Waals surface area contributed by atoms with Gasteiger partial charge in [-0.05, 0) is 46.9 Å². The smallest absolute Gasteiger partial charge is 0.105 e. The minimum absolute atomic E-state index is 0.337. The van der Waals surface area contributed by atoms with Gasteiger partial charge in [-0.15, -0.1) is 0 Å². The second-order valence-corrected chi connectivity index (χ2v) is 6.11. The average molecular weight is 280 g/mol. The van der Waals surface area contributed by atoms with Crippen LogP contribution in [-0.4, -0.2) is 31.6 Å². The minimum atomic E-state index is 0.337. The van der Waals surface area contributed by atoms with Crippen LogP contribution in [-0.2, 0) is 0 Å². The third-order valence-electron chi connectivity index (χ3n) is 4.44. The third-order valence-corrected chi connectivity index (χ3v) is 4.44. The van der Waals surface area contributed by atoms with Gasteiger partial charge in [-0.2, -0.15) is 0 Å². The first-order valence-electron chi connectivity index (χ1n) is 7.87. The molecule has 1 aromatic rings. The van der Waals surface area contributed by atoms with Gasteiger partial charge in [0.05, 0.1) is 0 Å². The minimum Gasteiger partial charge on any atom is -0.466 e. The van der Waals surface area contributed by atoms with Crippen LogP contribution in [0.1, 0.15) is 56.7 Å². The molecule has 0 aliphatic carbocycles. The molecule has 0 bridgehead atoms. The molecule has 1 N–H and O–H groups in total. The van der Waals surface area contributed by atoms with E-state index in [1.165, 1.54) is 18.4 Å². The lowest BCUT2D eigenvalue weighted by atomic mass is 9.93. The fraction of sp³-hybridized carbons (Fsp3) is 0.765. The molecule has 0 aliphatic heterocycles. The van der Waals surface area contributed by atoms with Gasteiger partial charge in [0.1, 0.15) is 11.5 Å². The van der Waals surface area contributed by atoms with Crippen molar-refractivity contribution in [1.82, 2.24) is 10.2 Å². The summed E-state index contributed by atoms with van der Waals surface area (Å²) in [6.45, 7) is 11.9. The number of likely N-dealkylation sites (N-methyl/N-ethyl adjacent to an activating group) is 1. The van der Waals surface area contributed by atoms with Gasteiger partial charge in [0.2, 0.25) is 0 Å². The quantitative estimate of drug-likeness (QED) is 0.782. The maximum Gasteiger partial charge on any atom is 0.105 e. The molecule has 1 heterocycles. The first-order chi connectivity index (χ1) is 9.40. The van der Waals surface area contributed by atoms with Crippen molar-refractivity contribution in [2.45, 2.75) is 59.5 Å². The fourth-order valence-electron chi connectivity index (χ4n) is 3.09. The summed E-state index contributed by atoms with van der Waals surface area (Å²) in [5, 5.41) is 3.68. The van der Waals surface area contributed by atoms with Crippen LogP contribution in [0.2, 0.25) is 0 Å². The first kappa shape index (κ1) is 17.3. The van der Waals surface area contributed by atoms with Crippen LogP contribution < -0.4 is 5.32 Å². The lowest BCUT2D eigenvalue weighted by Gasteiger charge is -2.32. The molecule has 2 atom stereocenters. The molecule has 3 heteroatoms. The van der Waals surface area contributed by atoms with E-state index in [0.29, 0.717) is 12.1 Å². The number of nitrogens with one attached hydrogen (secondary N) is 1. The van der Waals surface area contributed by atoms with Crippen LogP contribution in [0.15, 0.2) is 10.5 Å². The zero-order valence-electron chi connectivity index (χ0n) is 14.3. The third kappa shape index (κ3) is 4.35. The van der Waals surface area contributed by atoms with Crippen molar-refractivity contribution in [2.75, 3.05) is 20.6 Å². The Morgan fingerprint density at radius 3 is 2.20 bits per heavy atom. The number of hydrogen-bond donors (Lipinski definition) is 1. The van der Waals surface area contributed by atoms with Crippen molar-refractivity contribution in [2.24, 2.45) is 5.92 Å². The second-order valence-electron chi connectivity index (χ2n) is 6.11. The molecule has 0 amide bonds. The van der Waals surface area contributed by atoms with E-state index in [1.54, 1.807) is 0 Å². The Labute approximate surface area is 124 Å². The number of furan rings is 1. The molecule has 0 saturated heterocycles. The summed E-state index contributed by atoms with van der Waals surface area (Å²) in [7, 11) is 4.37. The normalized spacial score (nSPS) is 15.1. The van der Waals surface area contributed by atoms with Crippen molar-refractivity contribution in [3.63, 3.8) is 0 Å². The van der Waals surface area contributed by atoms with E-state index in [1.807, 2.05) is 13.8 Å². The fourth-order valence-corrected chi connectivity index (χ4v) is 3.09. The largest absolute Gasteiger partial charge is 0.466 e. The summed E-state index contributed by atoms with van der Waals surface area (Å²) in [4.78, 5) is 2.35. The summed E-state index contributed by atoms with van der Waals surface area (Å²) < 4.78 is 5.63. The van der Waals surface area contributed by atoms with Gasteiger partial charge in [-0.25, -0.2) is 0 Å². The zero-order chi connectivity index (χ0) is 15.3. The van der Waals surface area contributed by atoms with Gasteiger partial charge in [0, 0.05) is 24.2 Å². The molecule has 0 spiro atoms. The lowest BCUT2D eigenvalue weighted by Crippen LogP contribution is -2.43. The Hall–Kier alpha value is -0.800.